The van der Waals surface area contributed by atoms with Gasteiger partial charge < -0.3 is 10.6 Å². The Hall–Kier alpha value is -0.870. The van der Waals surface area contributed by atoms with Gasteiger partial charge in [-0.2, -0.15) is 0 Å². The maximum atomic E-state index is 12.9. The van der Waals surface area contributed by atoms with Crippen molar-refractivity contribution in [2.45, 2.75) is 39.7 Å². The lowest BCUT2D eigenvalue weighted by Crippen LogP contribution is -2.47. The van der Waals surface area contributed by atoms with Gasteiger partial charge in [-0.1, -0.05) is 48.8 Å². The fraction of sp³-hybridized carbons (Fsp3) is 0.588. The molecule has 3 nitrogen and oxygen atoms in total. The molecule has 1 heterocycles. The lowest BCUT2D eigenvalue weighted by atomic mass is 9.75. The highest BCUT2D eigenvalue weighted by molar-refractivity contribution is 9.10. The molecule has 0 radical (unpaired) electrons. The largest absolute Gasteiger partial charge is 0.349 e. The molecular formula is C17H25BrN2O. The van der Waals surface area contributed by atoms with Crippen molar-refractivity contribution in [3.8, 4) is 0 Å². The average Bonchev–Trinajstić information content (AvgIpc) is 2.96. The Labute approximate surface area is 136 Å². The van der Waals surface area contributed by atoms with Crippen LogP contribution < -0.4 is 10.6 Å². The predicted octanol–water partition coefficient (Wildman–Crippen LogP) is 3.65. The van der Waals surface area contributed by atoms with Crippen LogP contribution in [0.15, 0.2) is 28.7 Å². The van der Waals surface area contributed by atoms with Crippen molar-refractivity contribution < 1.29 is 4.79 Å². The van der Waals surface area contributed by atoms with Crippen LogP contribution in [0, 0.1) is 11.3 Å². The van der Waals surface area contributed by atoms with E-state index >= 15 is 0 Å². The average molecular weight is 353 g/mol. The van der Waals surface area contributed by atoms with Crippen molar-refractivity contribution in [3.63, 3.8) is 0 Å². The summed E-state index contributed by atoms with van der Waals surface area (Å²) in [5, 5.41) is 6.62. The minimum absolute atomic E-state index is 0.0850. The molecule has 1 amide bonds. The zero-order chi connectivity index (χ0) is 15.5. The number of nitrogens with one attached hydrogen (secondary N) is 2. The summed E-state index contributed by atoms with van der Waals surface area (Å²) in [5.74, 6) is 0.534. The van der Waals surface area contributed by atoms with Crippen molar-refractivity contribution in [2.75, 3.05) is 13.1 Å². The first kappa shape index (κ1) is 16.5. The van der Waals surface area contributed by atoms with Gasteiger partial charge in [0.15, 0.2) is 0 Å². The molecule has 0 aliphatic carbocycles. The number of amides is 1. The van der Waals surface area contributed by atoms with E-state index in [9.17, 15) is 4.79 Å². The summed E-state index contributed by atoms with van der Waals surface area (Å²) in [5.41, 5.74) is 0.905. The fourth-order valence-corrected chi connectivity index (χ4v) is 3.34. The molecular weight excluding hydrogens is 328 g/mol. The van der Waals surface area contributed by atoms with Gasteiger partial charge in [-0.05, 0) is 43.0 Å². The SMILES string of the molecule is CCC(NC(=O)C1(C(C)C)CCNC1)c1ccc(Br)cc1. The van der Waals surface area contributed by atoms with E-state index in [2.05, 4.69) is 59.5 Å². The van der Waals surface area contributed by atoms with E-state index in [0.717, 1.165) is 30.4 Å². The Bertz CT molecular complexity index is 478. The van der Waals surface area contributed by atoms with Crippen LogP contribution in [0.1, 0.15) is 45.2 Å². The zero-order valence-electron chi connectivity index (χ0n) is 13.1. The topological polar surface area (TPSA) is 41.1 Å². The second-order valence-electron chi connectivity index (χ2n) is 6.22. The lowest BCUT2D eigenvalue weighted by Gasteiger charge is -2.33. The molecule has 21 heavy (non-hydrogen) atoms. The number of benzene rings is 1. The monoisotopic (exact) mass is 352 g/mol. The van der Waals surface area contributed by atoms with Crippen molar-refractivity contribution in [3.05, 3.63) is 34.3 Å². The van der Waals surface area contributed by atoms with E-state index in [1.807, 2.05) is 12.1 Å². The van der Waals surface area contributed by atoms with E-state index in [-0.39, 0.29) is 17.4 Å². The van der Waals surface area contributed by atoms with Crippen LogP contribution in [0.5, 0.6) is 0 Å². The molecule has 1 aromatic carbocycles. The van der Waals surface area contributed by atoms with Gasteiger partial charge >= 0.3 is 0 Å². The molecule has 2 N–H and O–H groups in total. The summed E-state index contributed by atoms with van der Waals surface area (Å²) in [7, 11) is 0. The van der Waals surface area contributed by atoms with Gasteiger partial charge in [0.25, 0.3) is 0 Å². The highest BCUT2D eigenvalue weighted by atomic mass is 79.9. The molecule has 1 saturated heterocycles. The smallest absolute Gasteiger partial charge is 0.228 e. The van der Waals surface area contributed by atoms with Crippen LogP contribution >= 0.6 is 15.9 Å². The van der Waals surface area contributed by atoms with Crippen LogP contribution in [0.2, 0.25) is 0 Å². The Balaban J connectivity index is 2.14. The molecule has 2 atom stereocenters. The minimum Gasteiger partial charge on any atom is -0.349 e. The summed E-state index contributed by atoms with van der Waals surface area (Å²) in [4.78, 5) is 12.9. The Morgan fingerprint density at radius 3 is 2.52 bits per heavy atom. The zero-order valence-corrected chi connectivity index (χ0v) is 14.7. The third-order valence-corrected chi connectivity index (χ3v) is 5.26. The van der Waals surface area contributed by atoms with Gasteiger partial charge in [-0.25, -0.2) is 0 Å². The minimum atomic E-state index is -0.261. The van der Waals surface area contributed by atoms with Crippen LogP contribution in [0.4, 0.5) is 0 Å². The Kier molecular flexibility index (Phi) is 5.44. The van der Waals surface area contributed by atoms with Crippen molar-refractivity contribution >= 4 is 21.8 Å². The molecule has 1 aliphatic heterocycles. The molecule has 0 spiro atoms. The van der Waals surface area contributed by atoms with E-state index in [4.69, 9.17) is 0 Å². The van der Waals surface area contributed by atoms with E-state index in [1.165, 1.54) is 5.56 Å². The summed E-state index contributed by atoms with van der Waals surface area (Å²) in [6.45, 7) is 8.12. The maximum absolute atomic E-state index is 12.9. The molecule has 0 saturated carbocycles. The summed E-state index contributed by atoms with van der Waals surface area (Å²) < 4.78 is 1.06. The number of rotatable bonds is 5. The summed E-state index contributed by atoms with van der Waals surface area (Å²) >= 11 is 3.45. The Morgan fingerprint density at radius 2 is 2.05 bits per heavy atom. The van der Waals surface area contributed by atoms with E-state index in [1.54, 1.807) is 0 Å². The number of hydrogen-bond donors (Lipinski definition) is 2. The molecule has 4 heteroatoms. The normalized spacial score (nSPS) is 23.3. The molecule has 0 aromatic heterocycles. The molecule has 2 unspecified atom stereocenters. The highest BCUT2D eigenvalue weighted by Gasteiger charge is 2.44. The fourth-order valence-electron chi connectivity index (χ4n) is 3.08. The molecule has 1 fully saturated rings. The molecule has 2 rings (SSSR count). The van der Waals surface area contributed by atoms with Gasteiger partial charge in [-0.3, -0.25) is 4.79 Å². The lowest BCUT2D eigenvalue weighted by molar-refractivity contribution is -0.133. The maximum Gasteiger partial charge on any atom is 0.228 e. The van der Waals surface area contributed by atoms with Gasteiger partial charge in [0.2, 0.25) is 5.91 Å². The number of carbonyl (C=O) groups is 1. The number of hydrogen-bond acceptors (Lipinski definition) is 2. The van der Waals surface area contributed by atoms with Gasteiger partial charge in [0.05, 0.1) is 11.5 Å². The van der Waals surface area contributed by atoms with Crippen LogP contribution in [0.3, 0.4) is 0 Å². The third-order valence-electron chi connectivity index (χ3n) is 4.73. The van der Waals surface area contributed by atoms with Crippen molar-refractivity contribution in [2.24, 2.45) is 11.3 Å². The van der Waals surface area contributed by atoms with E-state index in [0.29, 0.717) is 5.92 Å². The Morgan fingerprint density at radius 1 is 1.38 bits per heavy atom. The van der Waals surface area contributed by atoms with Gasteiger partial charge in [0.1, 0.15) is 0 Å². The predicted molar refractivity (Wildman–Crippen MR) is 90.1 cm³/mol. The van der Waals surface area contributed by atoms with Crippen LogP contribution in [-0.4, -0.2) is 19.0 Å². The van der Waals surface area contributed by atoms with Gasteiger partial charge in [0, 0.05) is 11.0 Å². The molecule has 0 bridgehead atoms. The second kappa shape index (κ2) is 6.93. The first-order valence-electron chi connectivity index (χ1n) is 7.76. The summed E-state index contributed by atoms with van der Waals surface area (Å²) in [6.07, 6.45) is 1.82. The number of carbonyl (C=O) groups excluding carboxylic acids is 1. The molecule has 116 valence electrons. The van der Waals surface area contributed by atoms with Crippen LogP contribution in [0.25, 0.3) is 0 Å². The highest BCUT2D eigenvalue weighted by Crippen LogP contribution is 2.35. The van der Waals surface area contributed by atoms with E-state index < -0.39 is 0 Å². The quantitative estimate of drug-likeness (QED) is 0.848. The van der Waals surface area contributed by atoms with Crippen molar-refractivity contribution in [1.82, 2.24) is 10.6 Å². The first-order chi connectivity index (χ1) is 9.99. The summed E-state index contributed by atoms with van der Waals surface area (Å²) in [6, 6.07) is 8.29. The molecule has 1 aliphatic rings. The van der Waals surface area contributed by atoms with Gasteiger partial charge in [-0.15, -0.1) is 0 Å². The second-order valence-corrected chi connectivity index (χ2v) is 7.14. The van der Waals surface area contributed by atoms with Crippen LogP contribution in [-0.2, 0) is 4.79 Å². The van der Waals surface area contributed by atoms with Crippen molar-refractivity contribution in [1.29, 1.82) is 0 Å². The first-order valence-corrected chi connectivity index (χ1v) is 8.56. The third kappa shape index (κ3) is 3.49. The number of halogens is 1. The standard InChI is InChI=1S/C17H25BrN2O/c1-4-15(13-5-7-14(18)8-6-13)20-16(21)17(12(2)3)9-10-19-11-17/h5-8,12,15,19H,4,9-11H2,1-3H3,(H,20,21). The molecule has 1 aromatic rings.